The molecule has 0 saturated carbocycles. The van der Waals surface area contributed by atoms with Crippen molar-refractivity contribution in [1.82, 2.24) is 0 Å². The average Bonchev–Trinajstić information content (AvgIpc) is 2.48. The molecule has 0 unspecified atom stereocenters. The van der Waals surface area contributed by atoms with Crippen LogP contribution in [0.15, 0.2) is 53.4 Å². The standard InChI is InChI=1S/C15H13F2NO3S/c16-15(17)22-11-7-5-10(6-8-11)18-14(20)9-21-13-4-2-1-3-12(13)19/h1-8,15,19H,9H2,(H,18,20). The van der Waals surface area contributed by atoms with Crippen LogP contribution < -0.4 is 10.1 Å². The molecule has 0 atom stereocenters. The third-order valence-electron chi connectivity index (χ3n) is 2.59. The van der Waals surface area contributed by atoms with Gasteiger partial charge in [-0.3, -0.25) is 4.79 Å². The van der Waals surface area contributed by atoms with E-state index in [4.69, 9.17) is 4.74 Å². The fourth-order valence-electron chi connectivity index (χ4n) is 1.64. The van der Waals surface area contributed by atoms with Gasteiger partial charge in [-0.25, -0.2) is 0 Å². The highest BCUT2D eigenvalue weighted by Crippen LogP contribution is 2.26. The van der Waals surface area contributed by atoms with Crippen molar-refractivity contribution in [2.24, 2.45) is 0 Å². The van der Waals surface area contributed by atoms with Gasteiger partial charge in [0.2, 0.25) is 0 Å². The molecule has 0 aliphatic carbocycles. The number of anilines is 1. The van der Waals surface area contributed by atoms with Crippen LogP contribution in [0, 0.1) is 0 Å². The van der Waals surface area contributed by atoms with Crippen molar-refractivity contribution in [1.29, 1.82) is 0 Å². The zero-order valence-electron chi connectivity index (χ0n) is 11.3. The molecule has 1 amide bonds. The van der Waals surface area contributed by atoms with E-state index in [2.05, 4.69) is 5.32 Å². The van der Waals surface area contributed by atoms with Gasteiger partial charge in [0.1, 0.15) is 0 Å². The Kier molecular flexibility index (Phi) is 5.60. The first-order valence-electron chi connectivity index (χ1n) is 6.30. The van der Waals surface area contributed by atoms with E-state index in [-0.39, 0.29) is 18.1 Å². The minimum Gasteiger partial charge on any atom is -0.504 e. The van der Waals surface area contributed by atoms with E-state index in [9.17, 15) is 18.7 Å². The number of phenolic OH excluding ortho intramolecular Hbond substituents is 1. The summed E-state index contributed by atoms with van der Waals surface area (Å²) in [5.41, 5.74) is 0.476. The quantitative estimate of drug-likeness (QED) is 0.795. The second-order valence-corrected chi connectivity index (χ2v) is 5.27. The topological polar surface area (TPSA) is 58.6 Å². The van der Waals surface area contributed by atoms with Crippen molar-refractivity contribution in [3.8, 4) is 11.5 Å². The van der Waals surface area contributed by atoms with Crippen LogP contribution in [0.5, 0.6) is 11.5 Å². The van der Waals surface area contributed by atoms with Crippen LogP contribution in [-0.4, -0.2) is 23.4 Å². The van der Waals surface area contributed by atoms with Crippen molar-refractivity contribution in [2.45, 2.75) is 10.7 Å². The SMILES string of the molecule is O=C(COc1ccccc1O)Nc1ccc(SC(F)F)cc1. The summed E-state index contributed by atoms with van der Waals surface area (Å²) in [5.74, 6) is -2.74. The van der Waals surface area contributed by atoms with Gasteiger partial charge in [0.25, 0.3) is 11.7 Å². The van der Waals surface area contributed by atoms with E-state index < -0.39 is 11.7 Å². The largest absolute Gasteiger partial charge is 0.504 e. The molecule has 0 spiro atoms. The van der Waals surface area contributed by atoms with Crippen molar-refractivity contribution >= 4 is 23.4 Å². The molecule has 0 aromatic heterocycles. The number of halogens is 2. The number of benzene rings is 2. The summed E-state index contributed by atoms with van der Waals surface area (Å²) in [6, 6.07) is 12.4. The molecule has 116 valence electrons. The molecule has 2 rings (SSSR count). The average molecular weight is 325 g/mol. The number of rotatable bonds is 6. The monoisotopic (exact) mass is 325 g/mol. The van der Waals surface area contributed by atoms with E-state index >= 15 is 0 Å². The minimum atomic E-state index is -2.48. The fourth-order valence-corrected chi connectivity index (χ4v) is 2.14. The number of carbonyl (C=O) groups excluding carboxylic acids is 1. The molecule has 0 saturated heterocycles. The predicted molar refractivity (Wildman–Crippen MR) is 80.5 cm³/mol. The number of amides is 1. The summed E-state index contributed by atoms with van der Waals surface area (Å²) in [6.45, 7) is -0.273. The zero-order chi connectivity index (χ0) is 15.9. The lowest BCUT2D eigenvalue weighted by molar-refractivity contribution is -0.118. The third kappa shape index (κ3) is 4.92. The highest BCUT2D eigenvalue weighted by molar-refractivity contribution is 7.99. The summed E-state index contributed by atoms with van der Waals surface area (Å²) in [4.78, 5) is 12.1. The normalized spacial score (nSPS) is 10.5. The van der Waals surface area contributed by atoms with Gasteiger partial charge in [-0.15, -0.1) is 0 Å². The first kappa shape index (κ1) is 16.1. The van der Waals surface area contributed by atoms with Crippen LogP contribution in [-0.2, 0) is 4.79 Å². The van der Waals surface area contributed by atoms with Gasteiger partial charge in [-0.1, -0.05) is 23.9 Å². The molecule has 0 aliphatic heterocycles. The molecule has 0 bridgehead atoms. The molecule has 0 radical (unpaired) electrons. The molecule has 0 fully saturated rings. The lowest BCUT2D eigenvalue weighted by Gasteiger charge is -2.09. The molecular formula is C15H13F2NO3S. The number of hydrogen-bond acceptors (Lipinski definition) is 4. The predicted octanol–water partition coefficient (Wildman–Crippen LogP) is 3.72. The highest BCUT2D eigenvalue weighted by Gasteiger charge is 2.08. The Bertz CT molecular complexity index is 635. The third-order valence-corrected chi connectivity index (χ3v) is 3.31. The molecule has 0 heterocycles. The molecule has 7 heteroatoms. The number of para-hydroxylation sites is 2. The second-order valence-electron chi connectivity index (χ2n) is 4.21. The number of hydrogen-bond donors (Lipinski definition) is 2. The van der Waals surface area contributed by atoms with Crippen LogP contribution >= 0.6 is 11.8 Å². The summed E-state index contributed by atoms with van der Waals surface area (Å²) in [7, 11) is 0. The number of thioether (sulfide) groups is 1. The lowest BCUT2D eigenvalue weighted by atomic mass is 10.3. The Morgan fingerprint density at radius 2 is 1.86 bits per heavy atom. The number of phenols is 1. The number of alkyl halides is 2. The van der Waals surface area contributed by atoms with Crippen molar-refractivity contribution < 1.29 is 23.4 Å². The number of carbonyl (C=O) groups is 1. The summed E-state index contributed by atoms with van der Waals surface area (Å²) in [6.07, 6.45) is 0. The van der Waals surface area contributed by atoms with E-state index in [0.717, 1.165) is 0 Å². The highest BCUT2D eigenvalue weighted by atomic mass is 32.2. The summed E-state index contributed by atoms with van der Waals surface area (Å²) < 4.78 is 29.5. The van der Waals surface area contributed by atoms with Crippen LogP contribution in [0.2, 0.25) is 0 Å². The van der Waals surface area contributed by atoms with Gasteiger partial charge in [0, 0.05) is 10.6 Å². The smallest absolute Gasteiger partial charge is 0.288 e. The lowest BCUT2D eigenvalue weighted by Crippen LogP contribution is -2.20. The van der Waals surface area contributed by atoms with E-state index in [1.54, 1.807) is 18.2 Å². The first-order valence-corrected chi connectivity index (χ1v) is 7.18. The maximum Gasteiger partial charge on any atom is 0.288 e. The Balaban J connectivity index is 1.85. The van der Waals surface area contributed by atoms with Crippen molar-refractivity contribution in [3.05, 3.63) is 48.5 Å². The van der Waals surface area contributed by atoms with Gasteiger partial charge in [0.05, 0.1) is 0 Å². The number of nitrogens with one attached hydrogen (secondary N) is 1. The number of ether oxygens (including phenoxy) is 1. The van der Waals surface area contributed by atoms with Crippen LogP contribution in [0.3, 0.4) is 0 Å². The Morgan fingerprint density at radius 3 is 2.50 bits per heavy atom. The minimum absolute atomic E-state index is 0.0522. The van der Waals surface area contributed by atoms with Gasteiger partial charge in [-0.2, -0.15) is 8.78 Å². The number of aromatic hydroxyl groups is 1. The molecule has 2 aromatic carbocycles. The second kappa shape index (κ2) is 7.65. The van der Waals surface area contributed by atoms with Gasteiger partial charge in [0.15, 0.2) is 18.1 Å². The van der Waals surface area contributed by atoms with Crippen molar-refractivity contribution in [3.63, 3.8) is 0 Å². The van der Waals surface area contributed by atoms with E-state index in [0.29, 0.717) is 22.3 Å². The summed E-state index contributed by atoms with van der Waals surface area (Å²) >= 11 is 0.437. The van der Waals surface area contributed by atoms with E-state index in [1.165, 1.54) is 30.3 Å². The van der Waals surface area contributed by atoms with Crippen LogP contribution in [0.4, 0.5) is 14.5 Å². The van der Waals surface area contributed by atoms with Crippen molar-refractivity contribution in [2.75, 3.05) is 11.9 Å². The molecule has 0 aliphatic rings. The zero-order valence-corrected chi connectivity index (χ0v) is 12.1. The van der Waals surface area contributed by atoms with Gasteiger partial charge in [-0.05, 0) is 36.4 Å². The molecule has 22 heavy (non-hydrogen) atoms. The Morgan fingerprint density at radius 1 is 1.18 bits per heavy atom. The molecule has 2 N–H and O–H groups in total. The van der Waals surface area contributed by atoms with Gasteiger partial charge >= 0.3 is 0 Å². The molecular weight excluding hydrogens is 312 g/mol. The maximum atomic E-state index is 12.2. The fraction of sp³-hybridized carbons (Fsp3) is 0.133. The maximum absolute atomic E-state index is 12.2. The molecule has 4 nitrogen and oxygen atoms in total. The van der Waals surface area contributed by atoms with E-state index in [1.807, 2.05) is 0 Å². The van der Waals surface area contributed by atoms with Gasteiger partial charge < -0.3 is 15.2 Å². The first-order chi connectivity index (χ1) is 10.5. The summed E-state index contributed by atoms with van der Waals surface area (Å²) in [5, 5.41) is 12.1. The van der Waals surface area contributed by atoms with Crippen LogP contribution in [0.25, 0.3) is 0 Å². The Hall–Kier alpha value is -2.28. The Labute approximate surface area is 130 Å². The molecule has 2 aromatic rings. The van der Waals surface area contributed by atoms with Crippen LogP contribution in [0.1, 0.15) is 0 Å².